The molecule has 6 N–H and O–H groups in total. The number of aromatic amines is 2. The monoisotopic (exact) mass is 334 g/mol. The fourth-order valence-corrected chi connectivity index (χ4v) is 3.26. The molecule has 3 aromatic rings. The SMILES string of the molecule is Cc1[nH][nH]c(=O)c1C1c2ccccc2Oc2nc(N)c(C#N)c(N)c21. The van der Waals surface area contributed by atoms with Crippen LogP contribution in [0.5, 0.6) is 11.6 Å². The molecule has 4 rings (SSSR count). The zero-order chi connectivity index (χ0) is 17.7. The number of aromatic nitrogens is 3. The highest BCUT2D eigenvalue weighted by atomic mass is 16.5. The topological polar surface area (TPSA) is 147 Å². The van der Waals surface area contributed by atoms with E-state index in [1.54, 1.807) is 13.0 Å². The normalized spacial score (nSPS) is 15.0. The Balaban J connectivity index is 2.12. The van der Waals surface area contributed by atoms with Gasteiger partial charge in [0.2, 0.25) is 5.88 Å². The van der Waals surface area contributed by atoms with E-state index < -0.39 is 5.92 Å². The molecule has 0 saturated carbocycles. The van der Waals surface area contributed by atoms with Gasteiger partial charge in [-0.25, -0.2) is 0 Å². The minimum absolute atomic E-state index is 0.00317. The van der Waals surface area contributed by atoms with Crippen molar-refractivity contribution >= 4 is 11.5 Å². The van der Waals surface area contributed by atoms with Gasteiger partial charge in [0.1, 0.15) is 23.2 Å². The van der Waals surface area contributed by atoms with Gasteiger partial charge in [0.05, 0.1) is 22.7 Å². The number of hydrogen-bond acceptors (Lipinski definition) is 6. The molecule has 0 amide bonds. The molecule has 0 fully saturated rings. The van der Waals surface area contributed by atoms with Gasteiger partial charge in [0.25, 0.3) is 5.56 Å². The minimum atomic E-state index is -0.518. The number of nitrogens with zero attached hydrogens (tertiary/aromatic N) is 2. The number of anilines is 2. The summed E-state index contributed by atoms with van der Waals surface area (Å²) in [5.74, 6) is 0.250. The van der Waals surface area contributed by atoms with Crippen molar-refractivity contribution in [1.82, 2.24) is 15.2 Å². The molecule has 0 radical (unpaired) electrons. The number of nitriles is 1. The summed E-state index contributed by atoms with van der Waals surface area (Å²) in [6, 6.07) is 9.29. The van der Waals surface area contributed by atoms with Crippen molar-refractivity contribution in [3.05, 3.63) is 62.6 Å². The maximum atomic E-state index is 12.4. The van der Waals surface area contributed by atoms with E-state index in [2.05, 4.69) is 15.2 Å². The molecule has 8 heteroatoms. The maximum Gasteiger partial charge on any atom is 0.268 e. The lowest BCUT2D eigenvalue weighted by atomic mass is 9.82. The minimum Gasteiger partial charge on any atom is -0.438 e. The largest absolute Gasteiger partial charge is 0.438 e. The molecule has 1 atom stereocenters. The molecular weight excluding hydrogens is 320 g/mol. The number of hydrogen-bond donors (Lipinski definition) is 4. The van der Waals surface area contributed by atoms with Gasteiger partial charge in [0, 0.05) is 11.3 Å². The Bertz CT molecular complexity index is 1110. The third-order valence-electron chi connectivity index (χ3n) is 4.41. The number of rotatable bonds is 1. The van der Waals surface area contributed by atoms with Crippen molar-refractivity contribution in [2.45, 2.75) is 12.8 Å². The first-order chi connectivity index (χ1) is 12.0. The smallest absolute Gasteiger partial charge is 0.268 e. The van der Waals surface area contributed by atoms with Crippen molar-refractivity contribution in [2.75, 3.05) is 11.5 Å². The quantitative estimate of drug-likeness (QED) is 0.417. The van der Waals surface area contributed by atoms with E-state index in [-0.39, 0.29) is 28.5 Å². The Morgan fingerprint density at radius 1 is 1.24 bits per heavy atom. The Labute approximate surface area is 142 Å². The van der Waals surface area contributed by atoms with Crippen molar-refractivity contribution in [2.24, 2.45) is 0 Å². The summed E-state index contributed by atoms with van der Waals surface area (Å²) in [6.07, 6.45) is 0. The molecule has 25 heavy (non-hydrogen) atoms. The lowest BCUT2D eigenvalue weighted by Crippen LogP contribution is -2.21. The number of aryl methyl sites for hydroxylation is 1. The molecule has 1 aliphatic heterocycles. The first-order valence-corrected chi connectivity index (χ1v) is 7.55. The van der Waals surface area contributed by atoms with Crippen LogP contribution in [0.2, 0.25) is 0 Å². The Kier molecular flexibility index (Phi) is 3.05. The Morgan fingerprint density at radius 2 is 2.00 bits per heavy atom. The lowest BCUT2D eigenvalue weighted by Gasteiger charge is -2.28. The number of H-pyrrole nitrogens is 2. The molecule has 1 aromatic carbocycles. The van der Waals surface area contributed by atoms with Crippen molar-refractivity contribution in [3.63, 3.8) is 0 Å². The first-order valence-electron chi connectivity index (χ1n) is 7.55. The van der Waals surface area contributed by atoms with Gasteiger partial charge in [-0.05, 0) is 13.0 Å². The van der Waals surface area contributed by atoms with Crippen molar-refractivity contribution < 1.29 is 4.74 Å². The van der Waals surface area contributed by atoms with Crippen LogP contribution in [-0.2, 0) is 0 Å². The van der Waals surface area contributed by atoms with E-state index in [4.69, 9.17) is 16.2 Å². The van der Waals surface area contributed by atoms with Crippen molar-refractivity contribution in [3.8, 4) is 17.7 Å². The van der Waals surface area contributed by atoms with Crippen molar-refractivity contribution in [1.29, 1.82) is 5.26 Å². The van der Waals surface area contributed by atoms with E-state index in [1.165, 1.54) is 0 Å². The number of nitrogens with one attached hydrogen (secondary N) is 2. The van der Waals surface area contributed by atoms with Crippen LogP contribution >= 0.6 is 0 Å². The van der Waals surface area contributed by atoms with E-state index in [1.807, 2.05) is 24.3 Å². The summed E-state index contributed by atoms with van der Waals surface area (Å²) >= 11 is 0. The summed E-state index contributed by atoms with van der Waals surface area (Å²) < 4.78 is 5.84. The van der Waals surface area contributed by atoms with Crippen LogP contribution < -0.4 is 21.8 Å². The highest BCUT2D eigenvalue weighted by molar-refractivity contribution is 5.75. The van der Waals surface area contributed by atoms with Gasteiger partial charge >= 0.3 is 0 Å². The fourth-order valence-electron chi connectivity index (χ4n) is 3.26. The summed E-state index contributed by atoms with van der Waals surface area (Å²) in [5.41, 5.74) is 14.5. The molecule has 0 spiro atoms. The molecule has 0 saturated heterocycles. The van der Waals surface area contributed by atoms with Gasteiger partial charge in [0.15, 0.2) is 0 Å². The van der Waals surface area contributed by atoms with E-state index in [0.29, 0.717) is 22.6 Å². The highest BCUT2D eigenvalue weighted by Crippen LogP contribution is 2.49. The second-order valence-corrected chi connectivity index (χ2v) is 5.81. The Morgan fingerprint density at radius 3 is 2.68 bits per heavy atom. The summed E-state index contributed by atoms with van der Waals surface area (Å²) in [6.45, 7) is 1.79. The standard InChI is InChI=1S/C17H14N6O2/c1-7-11(16(24)23-22-7)12-8-4-2-3-5-10(8)25-17-13(12)14(19)9(6-18)15(20)21-17/h2-5,12H,1H3,(H4,19,20,21)(H2,22,23,24). The molecule has 124 valence electrons. The van der Waals surface area contributed by atoms with E-state index >= 15 is 0 Å². The van der Waals surface area contributed by atoms with Gasteiger partial charge in [-0.1, -0.05) is 18.2 Å². The number of para-hydroxylation sites is 1. The summed E-state index contributed by atoms with van der Waals surface area (Å²) in [4.78, 5) is 16.6. The van der Waals surface area contributed by atoms with E-state index in [9.17, 15) is 10.1 Å². The second-order valence-electron chi connectivity index (χ2n) is 5.81. The first kappa shape index (κ1) is 14.8. The molecule has 0 bridgehead atoms. The number of nitrogen functional groups attached to an aromatic ring is 2. The van der Waals surface area contributed by atoms with Crippen LogP contribution in [0, 0.1) is 18.3 Å². The highest BCUT2D eigenvalue weighted by Gasteiger charge is 2.36. The summed E-state index contributed by atoms with van der Waals surface area (Å²) in [5, 5.41) is 14.8. The zero-order valence-electron chi connectivity index (χ0n) is 13.3. The predicted octanol–water partition coefficient (Wildman–Crippen LogP) is 1.73. The van der Waals surface area contributed by atoms with Gasteiger partial charge in [-0.3, -0.25) is 9.89 Å². The zero-order valence-corrected chi connectivity index (χ0v) is 13.3. The van der Waals surface area contributed by atoms with Crippen LogP contribution in [0.4, 0.5) is 11.5 Å². The molecule has 1 aliphatic rings. The van der Waals surface area contributed by atoms with E-state index in [0.717, 1.165) is 5.56 Å². The summed E-state index contributed by atoms with van der Waals surface area (Å²) in [7, 11) is 0. The number of pyridine rings is 1. The van der Waals surface area contributed by atoms with Gasteiger partial charge in [-0.15, -0.1) is 0 Å². The molecule has 1 unspecified atom stereocenters. The molecule has 0 aliphatic carbocycles. The number of ether oxygens (including phenoxy) is 1. The lowest BCUT2D eigenvalue weighted by molar-refractivity contribution is 0.435. The fraction of sp³-hybridized carbons (Fsp3) is 0.118. The molecule has 8 nitrogen and oxygen atoms in total. The van der Waals surface area contributed by atoms with Crippen LogP contribution in [0.1, 0.15) is 33.9 Å². The molecule has 3 heterocycles. The number of benzene rings is 1. The predicted molar refractivity (Wildman–Crippen MR) is 91.4 cm³/mol. The third-order valence-corrected chi connectivity index (χ3v) is 4.41. The van der Waals surface area contributed by atoms with Crippen LogP contribution in [-0.4, -0.2) is 15.2 Å². The van der Waals surface area contributed by atoms with Crippen LogP contribution in [0.3, 0.4) is 0 Å². The average Bonchev–Trinajstić information content (AvgIpc) is 2.92. The Hall–Kier alpha value is -3.73. The molecular formula is C17H14N6O2. The second kappa shape index (κ2) is 5.14. The van der Waals surface area contributed by atoms with Gasteiger partial charge in [-0.2, -0.15) is 10.2 Å². The molecule has 2 aromatic heterocycles. The number of nitrogens with two attached hydrogens (primary N) is 2. The number of fused-ring (bicyclic) bond motifs is 2. The van der Waals surface area contributed by atoms with Crippen LogP contribution in [0.15, 0.2) is 29.1 Å². The average molecular weight is 334 g/mol. The van der Waals surface area contributed by atoms with Gasteiger partial charge < -0.3 is 21.3 Å². The third kappa shape index (κ3) is 1.99. The van der Waals surface area contributed by atoms with Crippen LogP contribution in [0.25, 0.3) is 0 Å². The maximum absolute atomic E-state index is 12.4.